The standard InChI is InChI=1S/C31H27ClN4O4/c1-39-28-13-6-4-11-25(28)30-20(19-36(35-30)23-9-7-8-22(32)17-23)14-15-29(37)34-27(31(38)40-2)16-21-18-33-26-12-5-3-10-24(21)26/h3-15,17-19,27,33H,16H2,1-2H3,(H,34,37)/b15-14-/t27-/m0/s1. The Bertz CT molecular complexity index is 1700. The molecule has 0 bridgehead atoms. The van der Waals surface area contributed by atoms with E-state index in [4.69, 9.17) is 26.2 Å². The Morgan fingerprint density at radius 2 is 1.88 bits per heavy atom. The van der Waals surface area contributed by atoms with E-state index in [1.54, 1.807) is 36.2 Å². The number of para-hydroxylation sites is 2. The molecule has 0 aliphatic rings. The Morgan fingerprint density at radius 1 is 1.07 bits per heavy atom. The SMILES string of the molecule is COC(=O)[C@H](Cc1c[nH]c2ccccc12)NC(=O)/C=C\c1cn(-c2cccc(Cl)c2)nc1-c1ccccc1OC. The van der Waals surface area contributed by atoms with Crippen molar-refractivity contribution in [3.8, 4) is 22.7 Å². The summed E-state index contributed by atoms with van der Waals surface area (Å²) in [6.45, 7) is 0. The number of carbonyl (C=O) groups is 2. The number of rotatable bonds is 9. The van der Waals surface area contributed by atoms with Crippen LogP contribution >= 0.6 is 11.6 Å². The van der Waals surface area contributed by atoms with Gasteiger partial charge >= 0.3 is 5.97 Å². The highest BCUT2D eigenvalue weighted by Gasteiger charge is 2.23. The zero-order valence-electron chi connectivity index (χ0n) is 21.9. The number of amides is 1. The molecule has 2 aromatic heterocycles. The Labute approximate surface area is 236 Å². The number of benzene rings is 3. The second kappa shape index (κ2) is 11.9. The van der Waals surface area contributed by atoms with Gasteiger partial charge in [0, 0.05) is 51.9 Å². The van der Waals surface area contributed by atoms with Crippen LogP contribution in [-0.4, -0.2) is 46.9 Å². The maximum absolute atomic E-state index is 13.0. The molecule has 9 heteroatoms. The van der Waals surface area contributed by atoms with Gasteiger partial charge in [-0.3, -0.25) is 4.79 Å². The first-order chi connectivity index (χ1) is 19.5. The predicted molar refractivity (Wildman–Crippen MR) is 156 cm³/mol. The summed E-state index contributed by atoms with van der Waals surface area (Å²) in [7, 11) is 2.90. The number of nitrogens with zero attached hydrogens (tertiary/aromatic N) is 2. The van der Waals surface area contributed by atoms with Crippen molar-refractivity contribution in [1.29, 1.82) is 0 Å². The quantitative estimate of drug-likeness (QED) is 0.183. The van der Waals surface area contributed by atoms with Crippen LogP contribution < -0.4 is 10.1 Å². The average molecular weight is 555 g/mol. The number of aromatic nitrogens is 3. The van der Waals surface area contributed by atoms with Gasteiger partial charge in [-0.2, -0.15) is 5.10 Å². The molecule has 40 heavy (non-hydrogen) atoms. The number of nitrogens with one attached hydrogen (secondary N) is 2. The lowest BCUT2D eigenvalue weighted by molar-refractivity contribution is -0.144. The van der Waals surface area contributed by atoms with E-state index in [0.29, 0.717) is 22.0 Å². The van der Waals surface area contributed by atoms with Crippen LogP contribution in [0.25, 0.3) is 33.9 Å². The third kappa shape index (κ3) is 5.77. The van der Waals surface area contributed by atoms with Gasteiger partial charge in [0.25, 0.3) is 0 Å². The van der Waals surface area contributed by atoms with E-state index < -0.39 is 17.9 Å². The van der Waals surface area contributed by atoms with Gasteiger partial charge in [-0.15, -0.1) is 0 Å². The number of halogens is 1. The van der Waals surface area contributed by atoms with Crippen molar-refractivity contribution in [3.63, 3.8) is 0 Å². The van der Waals surface area contributed by atoms with Crippen molar-refractivity contribution in [2.45, 2.75) is 12.5 Å². The highest BCUT2D eigenvalue weighted by atomic mass is 35.5. The minimum atomic E-state index is -0.871. The summed E-state index contributed by atoms with van der Waals surface area (Å²) < 4.78 is 12.2. The molecule has 0 spiro atoms. The monoisotopic (exact) mass is 554 g/mol. The van der Waals surface area contributed by atoms with E-state index in [1.165, 1.54) is 13.2 Å². The average Bonchev–Trinajstić information content (AvgIpc) is 3.60. The number of carbonyl (C=O) groups excluding carboxylic acids is 2. The zero-order chi connectivity index (χ0) is 28.1. The van der Waals surface area contributed by atoms with E-state index >= 15 is 0 Å². The van der Waals surface area contributed by atoms with Crippen LogP contribution in [0.3, 0.4) is 0 Å². The second-order valence-corrected chi connectivity index (χ2v) is 9.48. The molecule has 0 saturated carbocycles. The van der Waals surface area contributed by atoms with E-state index in [0.717, 1.165) is 27.7 Å². The molecule has 1 atom stereocenters. The Balaban J connectivity index is 1.43. The smallest absolute Gasteiger partial charge is 0.328 e. The fraction of sp³-hybridized carbons (Fsp3) is 0.129. The van der Waals surface area contributed by atoms with Gasteiger partial charge in [0.05, 0.1) is 19.9 Å². The van der Waals surface area contributed by atoms with E-state index in [-0.39, 0.29) is 6.42 Å². The number of methoxy groups -OCH3 is 2. The molecule has 5 aromatic rings. The lowest BCUT2D eigenvalue weighted by Gasteiger charge is -2.15. The number of esters is 1. The molecule has 0 fully saturated rings. The van der Waals surface area contributed by atoms with Crippen molar-refractivity contribution in [1.82, 2.24) is 20.1 Å². The number of fused-ring (bicyclic) bond motifs is 1. The fourth-order valence-electron chi connectivity index (χ4n) is 4.55. The van der Waals surface area contributed by atoms with Crippen LogP contribution in [0.15, 0.2) is 91.3 Å². The largest absolute Gasteiger partial charge is 0.496 e. The third-order valence-electron chi connectivity index (χ3n) is 6.49. The van der Waals surface area contributed by atoms with E-state index in [2.05, 4.69) is 10.3 Å². The molecule has 1 amide bonds. The van der Waals surface area contributed by atoms with Crippen LogP contribution in [0.5, 0.6) is 5.75 Å². The van der Waals surface area contributed by atoms with Crippen molar-refractivity contribution in [2.75, 3.05) is 14.2 Å². The number of aromatic amines is 1. The molecule has 0 saturated heterocycles. The van der Waals surface area contributed by atoms with Gasteiger partial charge in [0.1, 0.15) is 17.5 Å². The fourth-order valence-corrected chi connectivity index (χ4v) is 4.74. The van der Waals surface area contributed by atoms with Crippen molar-refractivity contribution < 1.29 is 19.1 Å². The summed E-state index contributed by atoms with van der Waals surface area (Å²) in [5.74, 6) is -0.338. The van der Waals surface area contributed by atoms with Crippen molar-refractivity contribution in [2.24, 2.45) is 0 Å². The normalized spacial score (nSPS) is 12.0. The summed E-state index contributed by atoms with van der Waals surface area (Å²) in [6.07, 6.45) is 6.96. The van der Waals surface area contributed by atoms with Crippen LogP contribution in [-0.2, 0) is 20.7 Å². The minimum Gasteiger partial charge on any atom is -0.496 e. The molecule has 0 aliphatic carbocycles. The molecular formula is C31H27ClN4O4. The number of hydrogen-bond donors (Lipinski definition) is 2. The van der Waals surface area contributed by atoms with Gasteiger partial charge in [0.15, 0.2) is 0 Å². The van der Waals surface area contributed by atoms with Gasteiger partial charge in [-0.1, -0.05) is 48.0 Å². The molecule has 0 aliphatic heterocycles. The Hall–Kier alpha value is -4.82. The molecule has 8 nitrogen and oxygen atoms in total. The summed E-state index contributed by atoms with van der Waals surface area (Å²) in [6, 6.07) is 21.7. The zero-order valence-corrected chi connectivity index (χ0v) is 22.7. The highest BCUT2D eigenvalue weighted by Crippen LogP contribution is 2.32. The van der Waals surface area contributed by atoms with E-state index in [9.17, 15) is 9.59 Å². The third-order valence-corrected chi connectivity index (χ3v) is 6.73. The summed E-state index contributed by atoms with van der Waals surface area (Å²) in [5, 5.41) is 9.12. The molecule has 0 radical (unpaired) electrons. The summed E-state index contributed by atoms with van der Waals surface area (Å²) >= 11 is 6.21. The number of ether oxygens (including phenoxy) is 2. The summed E-state index contributed by atoms with van der Waals surface area (Å²) in [4.78, 5) is 28.8. The Morgan fingerprint density at radius 3 is 2.67 bits per heavy atom. The first-order valence-corrected chi connectivity index (χ1v) is 12.9. The maximum Gasteiger partial charge on any atom is 0.328 e. The van der Waals surface area contributed by atoms with Crippen molar-refractivity contribution in [3.05, 3.63) is 107 Å². The minimum absolute atomic E-state index is 0.273. The molecule has 2 heterocycles. The predicted octanol–water partition coefficient (Wildman–Crippen LogP) is 5.60. The lowest BCUT2D eigenvalue weighted by Crippen LogP contribution is -2.42. The molecule has 3 aromatic carbocycles. The molecular weight excluding hydrogens is 528 g/mol. The maximum atomic E-state index is 13.0. The van der Waals surface area contributed by atoms with Gasteiger partial charge in [-0.25, -0.2) is 9.48 Å². The molecule has 0 unspecified atom stereocenters. The summed E-state index contributed by atoms with van der Waals surface area (Å²) in [5.41, 5.74) is 4.66. The van der Waals surface area contributed by atoms with Gasteiger partial charge < -0.3 is 19.8 Å². The van der Waals surface area contributed by atoms with Crippen LogP contribution in [0.1, 0.15) is 11.1 Å². The molecule has 202 valence electrons. The first-order valence-electron chi connectivity index (χ1n) is 12.6. The van der Waals surface area contributed by atoms with Crippen LogP contribution in [0.4, 0.5) is 0 Å². The highest BCUT2D eigenvalue weighted by molar-refractivity contribution is 6.30. The number of H-pyrrole nitrogens is 1. The van der Waals surface area contributed by atoms with Crippen LogP contribution in [0, 0.1) is 0 Å². The first kappa shape index (κ1) is 26.8. The van der Waals surface area contributed by atoms with E-state index in [1.807, 2.05) is 66.9 Å². The Kier molecular flexibility index (Phi) is 7.98. The van der Waals surface area contributed by atoms with Gasteiger partial charge in [-0.05, 0) is 48.0 Å². The molecule has 2 N–H and O–H groups in total. The second-order valence-electron chi connectivity index (χ2n) is 9.04. The lowest BCUT2D eigenvalue weighted by atomic mass is 10.0. The van der Waals surface area contributed by atoms with Crippen LogP contribution in [0.2, 0.25) is 5.02 Å². The topological polar surface area (TPSA) is 98.2 Å². The number of hydrogen-bond acceptors (Lipinski definition) is 5. The molecule has 5 rings (SSSR count). The van der Waals surface area contributed by atoms with Crippen molar-refractivity contribution >= 4 is 40.5 Å². The van der Waals surface area contributed by atoms with Gasteiger partial charge in [0.2, 0.25) is 5.91 Å².